The van der Waals surface area contributed by atoms with Gasteiger partial charge in [-0.05, 0) is 43.3 Å². The quantitative estimate of drug-likeness (QED) is 0.506. The molecule has 3 rings (SSSR count). The fraction of sp³-hybridized carbons (Fsp3) is 0.211. The Hall–Kier alpha value is -2.67. The maximum Gasteiger partial charge on any atom is 0.247 e. The van der Waals surface area contributed by atoms with Gasteiger partial charge in [-0.15, -0.1) is 0 Å². The molecule has 5 nitrogen and oxygen atoms in total. The molecule has 0 spiro atoms. The van der Waals surface area contributed by atoms with Gasteiger partial charge in [-0.1, -0.05) is 30.0 Å². The second-order valence-corrected chi connectivity index (χ2v) is 6.82. The van der Waals surface area contributed by atoms with Crippen LogP contribution in [0.1, 0.15) is 13.3 Å². The summed E-state index contributed by atoms with van der Waals surface area (Å²) < 4.78 is 13.1. The van der Waals surface area contributed by atoms with E-state index < -0.39 is 11.1 Å². The number of rotatable bonds is 4. The normalized spacial score (nSPS) is 17.7. The van der Waals surface area contributed by atoms with Gasteiger partial charge in [-0.2, -0.15) is 0 Å². The van der Waals surface area contributed by atoms with Gasteiger partial charge in [-0.3, -0.25) is 14.6 Å². The number of anilines is 2. The molecule has 1 saturated heterocycles. The maximum atomic E-state index is 13.1. The highest BCUT2D eigenvalue weighted by Gasteiger charge is 2.40. The van der Waals surface area contributed by atoms with Crippen LogP contribution in [0.5, 0.6) is 0 Å². The Bertz CT molecular complexity index is 824. The van der Waals surface area contributed by atoms with Crippen LogP contribution in [0.3, 0.4) is 0 Å². The average molecular weight is 371 g/mol. The lowest BCUT2D eigenvalue weighted by atomic mass is 10.3. The zero-order valence-corrected chi connectivity index (χ0v) is 15.0. The molecular weight excluding hydrogens is 353 g/mol. The number of imide groups is 1. The Morgan fingerprint density at radius 3 is 2.54 bits per heavy atom. The first-order chi connectivity index (χ1) is 12.6. The third-order valence-corrected chi connectivity index (χ3v) is 4.88. The number of nitrogens with zero attached hydrogens (tertiary/aromatic N) is 2. The number of hydrogen-bond donors (Lipinski definition) is 1. The summed E-state index contributed by atoms with van der Waals surface area (Å²) in [4.78, 5) is 30.5. The first-order valence-electron chi connectivity index (χ1n) is 8.24. The number of aliphatic imine (C=N–C) groups is 1. The summed E-state index contributed by atoms with van der Waals surface area (Å²) in [5.74, 6) is -1.02. The van der Waals surface area contributed by atoms with Crippen LogP contribution in [0.25, 0.3) is 0 Å². The van der Waals surface area contributed by atoms with Crippen molar-refractivity contribution in [2.24, 2.45) is 4.99 Å². The number of hydrogen-bond acceptors (Lipinski definition) is 4. The minimum absolute atomic E-state index is 0.0834. The lowest BCUT2D eigenvalue weighted by Gasteiger charge is -2.15. The average Bonchev–Trinajstić information content (AvgIpc) is 2.91. The maximum absolute atomic E-state index is 13.1. The second kappa shape index (κ2) is 8.14. The zero-order chi connectivity index (χ0) is 18.5. The number of amides is 2. The van der Waals surface area contributed by atoms with Crippen LogP contribution in [0, 0.1) is 5.82 Å². The number of carbonyl (C=O) groups excluding carboxylic acids is 2. The predicted octanol–water partition coefficient (Wildman–Crippen LogP) is 3.68. The summed E-state index contributed by atoms with van der Waals surface area (Å²) in [7, 11) is 0. The smallest absolute Gasteiger partial charge is 0.247 e. The van der Waals surface area contributed by atoms with E-state index in [4.69, 9.17) is 0 Å². The van der Waals surface area contributed by atoms with Gasteiger partial charge in [0, 0.05) is 18.7 Å². The highest BCUT2D eigenvalue weighted by Crippen LogP contribution is 2.30. The lowest BCUT2D eigenvalue weighted by Crippen LogP contribution is -2.31. The molecule has 0 radical (unpaired) electrons. The number of halogens is 1. The molecule has 2 aromatic carbocycles. The van der Waals surface area contributed by atoms with Gasteiger partial charge in [0.05, 0.1) is 5.69 Å². The van der Waals surface area contributed by atoms with Crippen LogP contribution >= 0.6 is 11.8 Å². The van der Waals surface area contributed by atoms with Crippen LogP contribution in [-0.2, 0) is 9.59 Å². The van der Waals surface area contributed by atoms with E-state index in [0.29, 0.717) is 17.4 Å². The minimum Gasteiger partial charge on any atom is -0.335 e. The van der Waals surface area contributed by atoms with Crippen molar-refractivity contribution in [2.75, 3.05) is 16.8 Å². The summed E-state index contributed by atoms with van der Waals surface area (Å²) in [6.07, 6.45) is 0.0834. The molecule has 0 saturated carbocycles. The van der Waals surface area contributed by atoms with E-state index in [1.54, 1.807) is 0 Å². The van der Waals surface area contributed by atoms with Crippen LogP contribution < -0.4 is 10.2 Å². The lowest BCUT2D eigenvalue weighted by molar-refractivity contribution is -0.121. The van der Waals surface area contributed by atoms with Gasteiger partial charge in [0.25, 0.3) is 0 Å². The second-order valence-electron chi connectivity index (χ2n) is 5.62. The fourth-order valence-corrected chi connectivity index (χ4v) is 3.67. The van der Waals surface area contributed by atoms with Crippen molar-refractivity contribution >= 4 is 40.1 Å². The number of amidine groups is 1. The topological polar surface area (TPSA) is 61.8 Å². The zero-order valence-electron chi connectivity index (χ0n) is 14.2. The van der Waals surface area contributed by atoms with Crippen molar-refractivity contribution in [3.63, 3.8) is 0 Å². The first-order valence-corrected chi connectivity index (χ1v) is 9.12. The van der Waals surface area contributed by atoms with E-state index in [1.807, 2.05) is 37.3 Å². The summed E-state index contributed by atoms with van der Waals surface area (Å²) >= 11 is 1.24. The van der Waals surface area contributed by atoms with Crippen molar-refractivity contribution < 1.29 is 14.0 Å². The molecule has 1 aliphatic rings. The van der Waals surface area contributed by atoms with Crippen LogP contribution in [-0.4, -0.2) is 28.8 Å². The molecular formula is C19H18FN3O2S. The Kier molecular flexibility index (Phi) is 5.68. The van der Waals surface area contributed by atoms with Gasteiger partial charge in [0.1, 0.15) is 11.1 Å². The van der Waals surface area contributed by atoms with E-state index in [9.17, 15) is 14.0 Å². The van der Waals surface area contributed by atoms with Gasteiger partial charge in [0.2, 0.25) is 11.8 Å². The number of nitrogens with one attached hydrogen (secondary N) is 1. The molecule has 0 aromatic heterocycles. The SMILES string of the molecule is CCN=C(Nc1ccccc1)S[C@H]1CC(=O)N(c2ccc(F)cc2)C1=O. The molecule has 1 heterocycles. The number of thioether (sulfide) groups is 1. The first kappa shape index (κ1) is 18.1. The minimum atomic E-state index is -0.561. The summed E-state index contributed by atoms with van der Waals surface area (Å²) in [6.45, 7) is 2.46. The molecule has 2 amide bonds. The van der Waals surface area contributed by atoms with Crippen LogP contribution in [0.4, 0.5) is 15.8 Å². The van der Waals surface area contributed by atoms with E-state index >= 15 is 0 Å². The van der Waals surface area contributed by atoms with Crippen molar-refractivity contribution in [1.29, 1.82) is 0 Å². The van der Waals surface area contributed by atoms with E-state index in [1.165, 1.54) is 36.0 Å². The third-order valence-electron chi connectivity index (χ3n) is 3.77. The van der Waals surface area contributed by atoms with Crippen molar-refractivity contribution in [3.8, 4) is 0 Å². The molecule has 2 aromatic rings. The van der Waals surface area contributed by atoms with Crippen molar-refractivity contribution in [3.05, 3.63) is 60.4 Å². The molecule has 0 aliphatic carbocycles. The Balaban J connectivity index is 1.74. The third kappa shape index (κ3) is 4.11. The molecule has 7 heteroatoms. The number of benzene rings is 2. The largest absolute Gasteiger partial charge is 0.335 e. The van der Waals surface area contributed by atoms with E-state index in [-0.39, 0.29) is 18.2 Å². The van der Waals surface area contributed by atoms with Crippen molar-refractivity contribution in [2.45, 2.75) is 18.6 Å². The molecule has 1 atom stereocenters. The molecule has 26 heavy (non-hydrogen) atoms. The highest BCUT2D eigenvalue weighted by atomic mass is 32.2. The molecule has 1 N–H and O–H groups in total. The molecule has 0 bridgehead atoms. The highest BCUT2D eigenvalue weighted by molar-refractivity contribution is 8.15. The van der Waals surface area contributed by atoms with Gasteiger partial charge >= 0.3 is 0 Å². The number of para-hydroxylation sites is 1. The summed E-state index contributed by atoms with van der Waals surface area (Å²) in [5.41, 5.74) is 1.24. The monoisotopic (exact) mass is 371 g/mol. The van der Waals surface area contributed by atoms with Gasteiger partial charge < -0.3 is 5.32 Å². The Labute approximate surface area is 155 Å². The summed E-state index contributed by atoms with van der Waals surface area (Å²) in [5, 5.41) is 3.21. The predicted molar refractivity (Wildman–Crippen MR) is 103 cm³/mol. The molecule has 1 fully saturated rings. The summed E-state index contributed by atoms with van der Waals surface area (Å²) in [6, 6.07) is 14.8. The van der Waals surface area contributed by atoms with Crippen LogP contribution in [0.2, 0.25) is 0 Å². The fourth-order valence-electron chi connectivity index (χ4n) is 2.59. The van der Waals surface area contributed by atoms with Crippen molar-refractivity contribution in [1.82, 2.24) is 0 Å². The standard InChI is InChI=1S/C19H18FN3O2S/c1-2-21-19(22-14-6-4-3-5-7-14)26-16-12-17(24)23(18(16)25)15-10-8-13(20)9-11-15/h3-11,16H,2,12H2,1H3,(H,21,22)/t16-/m0/s1. The van der Waals surface area contributed by atoms with E-state index in [0.717, 1.165) is 10.6 Å². The van der Waals surface area contributed by atoms with E-state index in [2.05, 4.69) is 10.3 Å². The van der Waals surface area contributed by atoms with Gasteiger partial charge in [-0.25, -0.2) is 9.29 Å². The van der Waals surface area contributed by atoms with Crippen LogP contribution in [0.15, 0.2) is 59.6 Å². The Morgan fingerprint density at radius 2 is 1.88 bits per heavy atom. The number of carbonyl (C=O) groups is 2. The molecule has 134 valence electrons. The molecule has 0 unspecified atom stereocenters. The molecule has 1 aliphatic heterocycles. The Morgan fingerprint density at radius 1 is 1.19 bits per heavy atom. The van der Waals surface area contributed by atoms with Gasteiger partial charge in [0.15, 0.2) is 5.17 Å².